The van der Waals surface area contributed by atoms with E-state index in [2.05, 4.69) is 16.9 Å². The molecule has 0 saturated heterocycles. The summed E-state index contributed by atoms with van der Waals surface area (Å²) in [5, 5.41) is 0. The van der Waals surface area contributed by atoms with Crippen molar-refractivity contribution < 1.29 is 4.79 Å². The number of carbonyl (C=O) groups is 1. The number of aldehydes is 1. The fraction of sp³-hybridized carbons (Fsp3) is 0.300. The van der Waals surface area contributed by atoms with Gasteiger partial charge in [-0.2, -0.15) is 0 Å². The van der Waals surface area contributed by atoms with E-state index in [-0.39, 0.29) is 0 Å². The second-order valence-electron chi connectivity index (χ2n) is 3.24. The van der Waals surface area contributed by atoms with Crippen LogP contribution in [0.1, 0.15) is 23.1 Å². The van der Waals surface area contributed by atoms with Crippen LogP contribution in [0.15, 0.2) is 25.0 Å². The Bertz CT molecular complexity index is 457. The van der Waals surface area contributed by atoms with E-state index < -0.39 is 0 Å². The third-order valence-corrected chi connectivity index (χ3v) is 2.34. The van der Waals surface area contributed by atoms with Crippen molar-refractivity contribution in [3.63, 3.8) is 0 Å². The van der Waals surface area contributed by atoms with Crippen molar-refractivity contribution in [2.75, 3.05) is 0 Å². The third kappa shape index (κ3) is 1.81. The summed E-state index contributed by atoms with van der Waals surface area (Å²) >= 11 is 0. The number of hydrogen-bond acceptors (Lipinski definition) is 3. The molecular weight excluding hydrogens is 192 g/mol. The van der Waals surface area contributed by atoms with Gasteiger partial charge < -0.3 is 9.13 Å². The van der Waals surface area contributed by atoms with Gasteiger partial charge in [0, 0.05) is 12.7 Å². The minimum Gasteiger partial charge on any atom is -0.333 e. The highest BCUT2D eigenvalue weighted by atomic mass is 16.1. The largest absolute Gasteiger partial charge is 0.333 e. The van der Waals surface area contributed by atoms with Gasteiger partial charge in [0.05, 0.1) is 31.1 Å². The molecule has 2 heterocycles. The quantitative estimate of drug-likeness (QED) is 0.697. The minimum atomic E-state index is 0.582. The van der Waals surface area contributed by atoms with Crippen LogP contribution in [0.2, 0.25) is 0 Å². The van der Waals surface area contributed by atoms with Crippen LogP contribution in [0.5, 0.6) is 0 Å². The van der Waals surface area contributed by atoms with E-state index in [1.165, 1.54) is 0 Å². The first kappa shape index (κ1) is 9.64. The number of rotatable bonds is 4. The van der Waals surface area contributed by atoms with Crippen LogP contribution >= 0.6 is 0 Å². The van der Waals surface area contributed by atoms with Crippen molar-refractivity contribution in [2.45, 2.75) is 20.0 Å². The molecule has 0 spiro atoms. The highest BCUT2D eigenvalue weighted by Gasteiger charge is 2.04. The Morgan fingerprint density at radius 3 is 2.73 bits per heavy atom. The zero-order chi connectivity index (χ0) is 10.7. The van der Waals surface area contributed by atoms with Crippen molar-refractivity contribution in [3.8, 4) is 0 Å². The van der Waals surface area contributed by atoms with E-state index in [1.54, 1.807) is 29.6 Å². The second-order valence-corrected chi connectivity index (χ2v) is 3.24. The number of aryl methyl sites for hydroxylation is 1. The van der Waals surface area contributed by atoms with Gasteiger partial charge in [-0.1, -0.05) is 0 Å². The van der Waals surface area contributed by atoms with Crippen LogP contribution in [-0.2, 0) is 13.1 Å². The lowest BCUT2D eigenvalue weighted by atomic mass is 10.4. The molecule has 2 rings (SSSR count). The molecule has 0 aliphatic carbocycles. The fourth-order valence-electron chi connectivity index (χ4n) is 1.50. The Kier molecular flexibility index (Phi) is 2.62. The molecule has 15 heavy (non-hydrogen) atoms. The van der Waals surface area contributed by atoms with Crippen molar-refractivity contribution in [1.29, 1.82) is 0 Å². The molecule has 2 aromatic heterocycles. The average molecular weight is 204 g/mol. The van der Waals surface area contributed by atoms with E-state index in [0.717, 1.165) is 18.5 Å². The molecule has 0 saturated carbocycles. The molecule has 0 aliphatic heterocycles. The second kappa shape index (κ2) is 4.08. The predicted octanol–water partition coefficient (Wildman–Crippen LogP) is 0.960. The van der Waals surface area contributed by atoms with Gasteiger partial charge >= 0.3 is 0 Å². The van der Waals surface area contributed by atoms with E-state index in [0.29, 0.717) is 12.2 Å². The van der Waals surface area contributed by atoms with E-state index in [4.69, 9.17) is 0 Å². The maximum atomic E-state index is 10.7. The number of hydrogen-bond donors (Lipinski definition) is 0. The van der Waals surface area contributed by atoms with E-state index >= 15 is 0 Å². The summed E-state index contributed by atoms with van der Waals surface area (Å²) in [6, 6.07) is 0. The van der Waals surface area contributed by atoms with E-state index in [9.17, 15) is 4.79 Å². The SMILES string of the molecule is CCn1cncc1Cn1cncc1C=O. The molecule has 0 radical (unpaired) electrons. The number of nitrogens with zero attached hydrogens (tertiary/aromatic N) is 4. The third-order valence-electron chi connectivity index (χ3n) is 2.34. The van der Waals surface area contributed by atoms with Gasteiger partial charge in [-0.15, -0.1) is 0 Å². The molecule has 0 unspecified atom stereocenters. The zero-order valence-electron chi connectivity index (χ0n) is 8.50. The highest BCUT2D eigenvalue weighted by molar-refractivity contribution is 5.71. The summed E-state index contributed by atoms with van der Waals surface area (Å²) in [7, 11) is 0. The standard InChI is InChI=1S/C10H12N4O/c1-2-13-7-11-3-9(13)5-14-8-12-4-10(14)6-15/h3-4,6-8H,2,5H2,1H3. The Morgan fingerprint density at radius 2 is 2.00 bits per heavy atom. The first-order valence-electron chi connectivity index (χ1n) is 4.79. The minimum absolute atomic E-state index is 0.582. The van der Waals surface area contributed by atoms with Gasteiger partial charge in [0.15, 0.2) is 6.29 Å². The monoisotopic (exact) mass is 204 g/mol. The topological polar surface area (TPSA) is 52.7 Å². The Hall–Kier alpha value is -1.91. The van der Waals surface area contributed by atoms with Gasteiger partial charge in [0.2, 0.25) is 0 Å². The zero-order valence-corrected chi connectivity index (χ0v) is 8.50. The lowest BCUT2D eigenvalue weighted by Gasteiger charge is -2.06. The smallest absolute Gasteiger partial charge is 0.168 e. The highest BCUT2D eigenvalue weighted by Crippen LogP contribution is 2.04. The molecule has 0 N–H and O–H groups in total. The average Bonchev–Trinajstić information content (AvgIpc) is 2.87. The van der Waals surface area contributed by atoms with Gasteiger partial charge in [0.1, 0.15) is 5.69 Å². The van der Waals surface area contributed by atoms with Gasteiger partial charge in [-0.3, -0.25) is 4.79 Å². The maximum absolute atomic E-state index is 10.7. The molecule has 78 valence electrons. The molecule has 0 bridgehead atoms. The van der Waals surface area contributed by atoms with Crippen molar-refractivity contribution in [1.82, 2.24) is 19.1 Å². The first-order chi connectivity index (χ1) is 7.35. The fourth-order valence-corrected chi connectivity index (χ4v) is 1.50. The molecule has 0 amide bonds. The van der Waals surface area contributed by atoms with Gasteiger partial charge in [0.25, 0.3) is 0 Å². The van der Waals surface area contributed by atoms with E-state index in [1.807, 2.05) is 4.57 Å². The van der Waals surface area contributed by atoms with Gasteiger partial charge in [-0.25, -0.2) is 9.97 Å². The first-order valence-corrected chi connectivity index (χ1v) is 4.79. The maximum Gasteiger partial charge on any atom is 0.168 e. The normalized spacial score (nSPS) is 10.5. The molecule has 5 heteroatoms. The molecule has 2 aromatic rings. The Morgan fingerprint density at radius 1 is 1.27 bits per heavy atom. The van der Waals surface area contributed by atoms with Crippen molar-refractivity contribution >= 4 is 6.29 Å². The van der Waals surface area contributed by atoms with Crippen LogP contribution in [-0.4, -0.2) is 25.4 Å². The molecule has 0 atom stereocenters. The van der Waals surface area contributed by atoms with Crippen LogP contribution in [0.3, 0.4) is 0 Å². The van der Waals surface area contributed by atoms with Gasteiger partial charge in [-0.05, 0) is 6.92 Å². The number of aromatic nitrogens is 4. The lowest BCUT2D eigenvalue weighted by Crippen LogP contribution is -2.07. The Balaban J connectivity index is 2.25. The molecule has 0 aliphatic rings. The van der Waals surface area contributed by atoms with Crippen LogP contribution in [0.25, 0.3) is 0 Å². The number of carbonyl (C=O) groups excluding carboxylic acids is 1. The molecular formula is C10H12N4O. The van der Waals surface area contributed by atoms with Crippen LogP contribution < -0.4 is 0 Å². The van der Waals surface area contributed by atoms with Crippen LogP contribution in [0.4, 0.5) is 0 Å². The van der Waals surface area contributed by atoms with Crippen molar-refractivity contribution in [2.24, 2.45) is 0 Å². The lowest BCUT2D eigenvalue weighted by molar-refractivity contribution is 0.111. The molecule has 0 fully saturated rings. The Labute approximate surface area is 87.4 Å². The summed E-state index contributed by atoms with van der Waals surface area (Å²) in [6.45, 7) is 3.56. The summed E-state index contributed by atoms with van der Waals surface area (Å²) < 4.78 is 3.84. The summed E-state index contributed by atoms with van der Waals surface area (Å²) in [5.74, 6) is 0. The summed E-state index contributed by atoms with van der Waals surface area (Å²) in [4.78, 5) is 18.7. The van der Waals surface area contributed by atoms with Crippen LogP contribution in [0, 0.1) is 0 Å². The molecule has 0 aromatic carbocycles. The summed E-state index contributed by atoms with van der Waals surface area (Å²) in [6.07, 6.45) is 7.60. The summed E-state index contributed by atoms with van der Waals surface area (Å²) in [5.41, 5.74) is 1.65. The predicted molar refractivity (Wildman–Crippen MR) is 54.6 cm³/mol. The number of imidazole rings is 2. The molecule has 5 nitrogen and oxygen atoms in total. The van der Waals surface area contributed by atoms with Crippen molar-refractivity contribution in [3.05, 3.63) is 36.4 Å².